The molecule has 0 fully saturated rings. The molecule has 3 heteroatoms. The van der Waals surface area contributed by atoms with E-state index in [1.165, 1.54) is 10.9 Å². The molecule has 3 N–H and O–H groups in total. The van der Waals surface area contributed by atoms with Crippen molar-refractivity contribution in [3.63, 3.8) is 0 Å². The average Bonchev–Trinajstić information content (AvgIpc) is 2.62. The van der Waals surface area contributed by atoms with E-state index in [4.69, 9.17) is 10.5 Å². The van der Waals surface area contributed by atoms with Crippen molar-refractivity contribution in [2.75, 3.05) is 7.11 Å². The van der Waals surface area contributed by atoms with Crippen molar-refractivity contribution in [3.05, 3.63) is 29.5 Å². The summed E-state index contributed by atoms with van der Waals surface area (Å²) in [5.74, 6) is 0.886. The van der Waals surface area contributed by atoms with Crippen LogP contribution in [-0.4, -0.2) is 18.1 Å². The van der Waals surface area contributed by atoms with Gasteiger partial charge in [-0.1, -0.05) is 6.07 Å². The van der Waals surface area contributed by atoms with Gasteiger partial charge in [0.2, 0.25) is 0 Å². The Bertz CT molecular complexity index is 500. The van der Waals surface area contributed by atoms with Crippen molar-refractivity contribution < 1.29 is 4.74 Å². The van der Waals surface area contributed by atoms with E-state index in [0.717, 1.165) is 23.4 Å². The minimum Gasteiger partial charge on any atom is -0.495 e. The second kappa shape index (κ2) is 4.18. The van der Waals surface area contributed by atoms with Crippen molar-refractivity contribution in [2.24, 2.45) is 5.73 Å². The fourth-order valence-electron chi connectivity index (χ4n) is 2.02. The molecule has 2 rings (SSSR count). The summed E-state index contributed by atoms with van der Waals surface area (Å²) in [5, 5.41) is 1.22. The van der Waals surface area contributed by atoms with Gasteiger partial charge in [0.1, 0.15) is 5.75 Å². The second-order valence-electron chi connectivity index (χ2n) is 4.35. The molecule has 0 spiro atoms. The average molecular weight is 218 g/mol. The molecule has 0 aliphatic rings. The zero-order valence-corrected chi connectivity index (χ0v) is 10.0. The molecule has 0 saturated heterocycles. The lowest BCUT2D eigenvalue weighted by Gasteiger charge is -2.03. The van der Waals surface area contributed by atoms with Crippen LogP contribution in [0.15, 0.2) is 18.2 Å². The van der Waals surface area contributed by atoms with Gasteiger partial charge >= 0.3 is 0 Å². The molecule has 2 aromatic rings. The lowest BCUT2D eigenvalue weighted by molar-refractivity contribution is 0.419. The molecule has 1 aromatic carbocycles. The van der Waals surface area contributed by atoms with Crippen LogP contribution in [0.4, 0.5) is 0 Å². The number of rotatable bonds is 3. The molecule has 0 amide bonds. The third-order valence-corrected chi connectivity index (χ3v) is 2.79. The Balaban J connectivity index is 2.54. The largest absolute Gasteiger partial charge is 0.495 e. The lowest BCUT2D eigenvalue weighted by atomic mass is 10.1. The van der Waals surface area contributed by atoms with E-state index in [1.54, 1.807) is 7.11 Å². The first-order valence-electron chi connectivity index (χ1n) is 5.52. The second-order valence-corrected chi connectivity index (χ2v) is 4.35. The van der Waals surface area contributed by atoms with Gasteiger partial charge in [-0.25, -0.2) is 0 Å². The highest BCUT2D eigenvalue weighted by atomic mass is 16.5. The topological polar surface area (TPSA) is 51.0 Å². The van der Waals surface area contributed by atoms with E-state index in [1.807, 2.05) is 13.0 Å². The molecule has 0 saturated carbocycles. The number of fused-ring (bicyclic) bond motifs is 1. The van der Waals surface area contributed by atoms with Crippen molar-refractivity contribution in [2.45, 2.75) is 26.3 Å². The van der Waals surface area contributed by atoms with E-state index >= 15 is 0 Å². The van der Waals surface area contributed by atoms with Crippen LogP contribution >= 0.6 is 0 Å². The van der Waals surface area contributed by atoms with E-state index < -0.39 is 0 Å². The summed E-state index contributed by atoms with van der Waals surface area (Å²) in [5.41, 5.74) is 9.29. The molecule has 0 radical (unpaired) electrons. The van der Waals surface area contributed by atoms with E-state index in [9.17, 15) is 0 Å². The van der Waals surface area contributed by atoms with E-state index in [0.29, 0.717) is 0 Å². The number of nitrogens with one attached hydrogen (secondary N) is 1. The van der Waals surface area contributed by atoms with Gasteiger partial charge in [0.25, 0.3) is 0 Å². The summed E-state index contributed by atoms with van der Waals surface area (Å²) in [6.45, 7) is 4.11. The van der Waals surface area contributed by atoms with Crippen molar-refractivity contribution in [1.29, 1.82) is 0 Å². The third-order valence-electron chi connectivity index (χ3n) is 2.79. The quantitative estimate of drug-likeness (QED) is 0.831. The molecule has 0 bridgehead atoms. The standard InChI is InChI=1S/C13H18N2O/c1-8-4-5-12(16-3)13-11(8)7-10(15-13)6-9(2)14/h4-5,7,9,15H,6,14H2,1-3H3. The van der Waals surface area contributed by atoms with Crippen LogP contribution in [0.1, 0.15) is 18.2 Å². The van der Waals surface area contributed by atoms with Crippen LogP contribution in [0.25, 0.3) is 10.9 Å². The Morgan fingerprint density at radius 2 is 2.19 bits per heavy atom. The van der Waals surface area contributed by atoms with Gasteiger partial charge in [-0.2, -0.15) is 0 Å². The Labute approximate surface area is 95.6 Å². The summed E-state index contributed by atoms with van der Waals surface area (Å²) in [4.78, 5) is 3.38. The van der Waals surface area contributed by atoms with Crippen LogP contribution in [0.2, 0.25) is 0 Å². The molecule has 1 heterocycles. The van der Waals surface area contributed by atoms with Gasteiger partial charge in [0, 0.05) is 23.5 Å². The zero-order chi connectivity index (χ0) is 11.7. The summed E-state index contributed by atoms with van der Waals surface area (Å²) in [7, 11) is 1.69. The molecule has 3 nitrogen and oxygen atoms in total. The highest BCUT2D eigenvalue weighted by Crippen LogP contribution is 2.28. The number of H-pyrrole nitrogens is 1. The van der Waals surface area contributed by atoms with Crippen molar-refractivity contribution in [1.82, 2.24) is 4.98 Å². The minimum atomic E-state index is 0.166. The number of ether oxygens (including phenoxy) is 1. The molecule has 1 unspecified atom stereocenters. The maximum atomic E-state index is 5.80. The van der Waals surface area contributed by atoms with Crippen LogP contribution in [0.3, 0.4) is 0 Å². The highest BCUT2D eigenvalue weighted by Gasteiger charge is 2.09. The Hall–Kier alpha value is -1.48. The van der Waals surface area contributed by atoms with Crippen LogP contribution in [0.5, 0.6) is 5.75 Å². The van der Waals surface area contributed by atoms with Crippen LogP contribution < -0.4 is 10.5 Å². The lowest BCUT2D eigenvalue weighted by Crippen LogP contribution is -2.17. The van der Waals surface area contributed by atoms with Crippen molar-refractivity contribution >= 4 is 10.9 Å². The van der Waals surface area contributed by atoms with Crippen molar-refractivity contribution in [3.8, 4) is 5.75 Å². The number of aryl methyl sites for hydroxylation is 1. The van der Waals surface area contributed by atoms with Gasteiger partial charge in [-0.15, -0.1) is 0 Å². The molecule has 16 heavy (non-hydrogen) atoms. The van der Waals surface area contributed by atoms with E-state index in [-0.39, 0.29) is 6.04 Å². The first kappa shape index (κ1) is 11.0. The summed E-state index contributed by atoms with van der Waals surface area (Å²) in [6, 6.07) is 6.39. The summed E-state index contributed by atoms with van der Waals surface area (Å²) < 4.78 is 5.34. The number of methoxy groups -OCH3 is 1. The third kappa shape index (κ3) is 1.91. The number of aromatic nitrogens is 1. The Morgan fingerprint density at radius 1 is 1.44 bits per heavy atom. The van der Waals surface area contributed by atoms with Gasteiger partial charge in [-0.3, -0.25) is 0 Å². The highest BCUT2D eigenvalue weighted by molar-refractivity contribution is 5.89. The monoisotopic (exact) mass is 218 g/mol. The van der Waals surface area contributed by atoms with Gasteiger partial charge < -0.3 is 15.5 Å². The predicted molar refractivity (Wildman–Crippen MR) is 66.9 cm³/mol. The Kier molecular flexibility index (Phi) is 2.88. The molecule has 1 aromatic heterocycles. The number of hydrogen-bond acceptors (Lipinski definition) is 2. The molecule has 0 aliphatic carbocycles. The molecular formula is C13H18N2O. The first-order valence-corrected chi connectivity index (χ1v) is 5.52. The predicted octanol–water partition coefficient (Wildman–Crippen LogP) is 2.37. The SMILES string of the molecule is COc1ccc(C)c2cc(CC(C)N)[nH]c12. The Morgan fingerprint density at radius 3 is 2.81 bits per heavy atom. The van der Waals surface area contributed by atoms with Crippen LogP contribution in [-0.2, 0) is 6.42 Å². The van der Waals surface area contributed by atoms with E-state index in [2.05, 4.69) is 24.0 Å². The fraction of sp³-hybridized carbons (Fsp3) is 0.385. The maximum absolute atomic E-state index is 5.80. The smallest absolute Gasteiger partial charge is 0.142 e. The first-order chi connectivity index (χ1) is 7.61. The molecule has 0 aliphatic heterocycles. The van der Waals surface area contributed by atoms with Gasteiger partial charge in [-0.05, 0) is 31.5 Å². The van der Waals surface area contributed by atoms with Gasteiger partial charge in [0.05, 0.1) is 12.6 Å². The minimum absolute atomic E-state index is 0.166. The molecular weight excluding hydrogens is 200 g/mol. The van der Waals surface area contributed by atoms with Gasteiger partial charge in [0.15, 0.2) is 0 Å². The molecule has 1 atom stereocenters. The maximum Gasteiger partial charge on any atom is 0.142 e. The number of nitrogens with two attached hydrogens (primary N) is 1. The number of hydrogen-bond donors (Lipinski definition) is 2. The zero-order valence-electron chi connectivity index (χ0n) is 10.0. The summed E-state index contributed by atoms with van der Waals surface area (Å²) in [6.07, 6.45) is 0.858. The normalized spacial score (nSPS) is 13.0. The fourth-order valence-corrected chi connectivity index (χ4v) is 2.02. The summed E-state index contributed by atoms with van der Waals surface area (Å²) >= 11 is 0. The molecule has 86 valence electrons. The number of aromatic amines is 1. The van der Waals surface area contributed by atoms with Crippen LogP contribution in [0, 0.1) is 6.92 Å². The number of benzene rings is 1.